The average molecular weight is 281 g/mol. The van der Waals surface area contributed by atoms with Gasteiger partial charge >= 0.3 is 0 Å². The molecular formula is C16H18Cl2. The zero-order valence-electron chi connectivity index (χ0n) is 10.8. The van der Waals surface area contributed by atoms with E-state index >= 15 is 0 Å². The third kappa shape index (κ3) is 5.57. The lowest BCUT2D eigenvalue weighted by molar-refractivity contribution is 1.14. The van der Waals surface area contributed by atoms with Crippen molar-refractivity contribution in [2.24, 2.45) is 0 Å². The van der Waals surface area contributed by atoms with Crippen molar-refractivity contribution in [3.8, 4) is 0 Å². The minimum atomic E-state index is 0.828. The second kappa shape index (κ2) is 8.18. The van der Waals surface area contributed by atoms with Gasteiger partial charge in [0.1, 0.15) is 0 Å². The maximum atomic E-state index is 5.72. The van der Waals surface area contributed by atoms with Crippen molar-refractivity contribution in [1.82, 2.24) is 0 Å². The van der Waals surface area contributed by atoms with E-state index in [0.717, 1.165) is 22.9 Å². The van der Waals surface area contributed by atoms with Crippen molar-refractivity contribution >= 4 is 23.2 Å². The van der Waals surface area contributed by atoms with Gasteiger partial charge in [-0.25, -0.2) is 0 Å². The van der Waals surface area contributed by atoms with Crippen LogP contribution < -0.4 is 0 Å². The fraction of sp³-hybridized carbons (Fsp3) is 0.250. The van der Waals surface area contributed by atoms with E-state index in [9.17, 15) is 0 Å². The molecule has 96 valence electrons. The minimum absolute atomic E-state index is 0.828. The van der Waals surface area contributed by atoms with Crippen LogP contribution in [-0.4, -0.2) is 0 Å². The molecule has 0 unspecified atom stereocenters. The van der Waals surface area contributed by atoms with Gasteiger partial charge in [0.25, 0.3) is 0 Å². The molecule has 0 N–H and O–H groups in total. The molecule has 2 aromatic rings. The van der Waals surface area contributed by atoms with E-state index in [2.05, 4.69) is 26.0 Å². The highest BCUT2D eigenvalue weighted by atomic mass is 35.5. The Labute approximate surface area is 120 Å². The van der Waals surface area contributed by atoms with Crippen LogP contribution in [0.3, 0.4) is 0 Å². The molecule has 0 saturated carbocycles. The van der Waals surface area contributed by atoms with Crippen LogP contribution in [0.25, 0.3) is 0 Å². The molecular weight excluding hydrogens is 263 g/mol. The summed E-state index contributed by atoms with van der Waals surface area (Å²) < 4.78 is 0. The Morgan fingerprint density at radius 2 is 1.11 bits per heavy atom. The smallest absolute Gasteiger partial charge is 0.0408 e. The van der Waals surface area contributed by atoms with Crippen molar-refractivity contribution in [2.75, 3.05) is 0 Å². The zero-order chi connectivity index (χ0) is 13.4. The monoisotopic (exact) mass is 280 g/mol. The molecule has 0 spiro atoms. The van der Waals surface area contributed by atoms with Crippen LogP contribution in [0.2, 0.25) is 10.0 Å². The van der Waals surface area contributed by atoms with Gasteiger partial charge in [-0.2, -0.15) is 0 Å². The first-order chi connectivity index (χ1) is 8.65. The lowest BCUT2D eigenvalue weighted by Crippen LogP contribution is -1.76. The Balaban J connectivity index is 0.000000180. The van der Waals surface area contributed by atoms with Gasteiger partial charge in [-0.3, -0.25) is 0 Å². The van der Waals surface area contributed by atoms with Crippen molar-refractivity contribution in [3.63, 3.8) is 0 Å². The topological polar surface area (TPSA) is 0 Å². The van der Waals surface area contributed by atoms with Crippen LogP contribution in [0.5, 0.6) is 0 Å². The Hall–Kier alpha value is -0.980. The third-order valence-corrected chi connectivity index (χ3v) is 3.06. The van der Waals surface area contributed by atoms with E-state index in [1.165, 1.54) is 11.1 Å². The van der Waals surface area contributed by atoms with Crippen molar-refractivity contribution in [2.45, 2.75) is 26.7 Å². The summed E-state index contributed by atoms with van der Waals surface area (Å²) in [6.07, 6.45) is 2.11. The highest BCUT2D eigenvalue weighted by Gasteiger charge is 1.88. The molecule has 0 aliphatic heterocycles. The molecule has 2 rings (SSSR count). The first-order valence-electron chi connectivity index (χ1n) is 6.14. The van der Waals surface area contributed by atoms with E-state index in [0.29, 0.717) is 0 Å². The summed E-state index contributed by atoms with van der Waals surface area (Å²) in [7, 11) is 0. The summed E-state index contributed by atoms with van der Waals surface area (Å²) >= 11 is 11.4. The Kier molecular flexibility index (Phi) is 6.85. The van der Waals surface area contributed by atoms with Crippen LogP contribution in [0.4, 0.5) is 0 Å². The van der Waals surface area contributed by atoms with Crippen LogP contribution in [-0.2, 0) is 12.8 Å². The summed E-state index contributed by atoms with van der Waals surface area (Å²) in [6.45, 7) is 4.23. The minimum Gasteiger partial charge on any atom is -0.0843 e. The van der Waals surface area contributed by atoms with E-state index in [-0.39, 0.29) is 0 Å². The lowest BCUT2D eigenvalue weighted by Gasteiger charge is -1.93. The third-order valence-electron chi connectivity index (χ3n) is 2.59. The molecule has 0 nitrogen and oxygen atoms in total. The van der Waals surface area contributed by atoms with Gasteiger partial charge in [0.05, 0.1) is 0 Å². The number of halogens is 2. The lowest BCUT2D eigenvalue weighted by atomic mass is 10.2. The normalized spacial score (nSPS) is 9.56. The molecule has 0 aromatic heterocycles. The second-order valence-electron chi connectivity index (χ2n) is 3.97. The Morgan fingerprint density at radius 1 is 0.722 bits per heavy atom. The molecule has 18 heavy (non-hydrogen) atoms. The molecule has 0 radical (unpaired) electrons. The number of hydrogen-bond donors (Lipinski definition) is 0. The summed E-state index contributed by atoms with van der Waals surface area (Å²) in [5, 5.41) is 1.66. The van der Waals surface area contributed by atoms with Gasteiger partial charge in [0.2, 0.25) is 0 Å². The number of rotatable bonds is 2. The summed E-state index contributed by atoms with van der Waals surface area (Å²) in [6, 6.07) is 15.9. The van der Waals surface area contributed by atoms with Gasteiger partial charge in [-0.1, -0.05) is 61.3 Å². The molecule has 0 amide bonds. The molecule has 2 heteroatoms. The van der Waals surface area contributed by atoms with E-state index in [1.807, 2.05) is 36.4 Å². The van der Waals surface area contributed by atoms with Crippen molar-refractivity contribution < 1.29 is 0 Å². The number of hydrogen-bond acceptors (Lipinski definition) is 0. The highest BCUT2D eigenvalue weighted by Crippen LogP contribution is 2.10. The molecule has 0 heterocycles. The maximum Gasteiger partial charge on any atom is 0.0408 e. The quantitative estimate of drug-likeness (QED) is 0.652. The maximum absolute atomic E-state index is 5.72. The van der Waals surface area contributed by atoms with Gasteiger partial charge in [0.15, 0.2) is 0 Å². The average Bonchev–Trinajstić information content (AvgIpc) is 2.39. The van der Waals surface area contributed by atoms with Crippen LogP contribution in [0, 0.1) is 0 Å². The summed E-state index contributed by atoms with van der Waals surface area (Å²) in [5.74, 6) is 0. The van der Waals surface area contributed by atoms with Crippen molar-refractivity contribution in [1.29, 1.82) is 0 Å². The van der Waals surface area contributed by atoms with Crippen LogP contribution in [0.1, 0.15) is 25.0 Å². The summed E-state index contributed by atoms with van der Waals surface area (Å²) in [4.78, 5) is 0. The molecule has 0 aliphatic rings. The SMILES string of the molecule is CCc1cccc(Cl)c1.CCc1cccc(Cl)c1. The first-order valence-corrected chi connectivity index (χ1v) is 6.90. The molecule has 0 atom stereocenters. The van der Waals surface area contributed by atoms with E-state index in [4.69, 9.17) is 23.2 Å². The predicted molar refractivity (Wildman–Crippen MR) is 81.7 cm³/mol. The zero-order valence-corrected chi connectivity index (χ0v) is 12.3. The van der Waals surface area contributed by atoms with Gasteiger partial charge in [-0.05, 0) is 48.2 Å². The van der Waals surface area contributed by atoms with Gasteiger partial charge < -0.3 is 0 Å². The highest BCUT2D eigenvalue weighted by molar-refractivity contribution is 6.30. The fourth-order valence-corrected chi connectivity index (χ4v) is 1.94. The molecule has 0 fully saturated rings. The van der Waals surface area contributed by atoms with Gasteiger partial charge in [-0.15, -0.1) is 0 Å². The van der Waals surface area contributed by atoms with Gasteiger partial charge in [0, 0.05) is 10.0 Å². The fourth-order valence-electron chi connectivity index (χ4n) is 1.51. The summed E-state index contributed by atoms with van der Waals surface area (Å²) in [5.41, 5.74) is 2.59. The van der Waals surface area contributed by atoms with E-state index in [1.54, 1.807) is 0 Å². The van der Waals surface area contributed by atoms with Crippen LogP contribution in [0.15, 0.2) is 48.5 Å². The van der Waals surface area contributed by atoms with Crippen molar-refractivity contribution in [3.05, 3.63) is 69.7 Å². The molecule has 0 saturated heterocycles. The number of benzene rings is 2. The Bertz CT molecular complexity index is 433. The largest absolute Gasteiger partial charge is 0.0843 e. The van der Waals surface area contributed by atoms with E-state index < -0.39 is 0 Å². The standard InChI is InChI=1S/2C8H9Cl/c2*1-2-7-4-3-5-8(9)6-7/h2*3-6H,2H2,1H3. The molecule has 0 bridgehead atoms. The second-order valence-corrected chi connectivity index (χ2v) is 4.84. The van der Waals surface area contributed by atoms with Crippen LogP contribution >= 0.6 is 23.2 Å². The molecule has 2 aromatic carbocycles. The number of aryl methyl sites for hydroxylation is 2. The Morgan fingerprint density at radius 3 is 1.33 bits per heavy atom. The predicted octanol–water partition coefficient (Wildman–Crippen LogP) is 5.80. The first kappa shape index (κ1) is 15.1. The molecule has 0 aliphatic carbocycles.